The molecule has 1 radical (unpaired) electrons. The number of hydrogen-bond acceptors (Lipinski definition) is 2. The van der Waals surface area contributed by atoms with Crippen molar-refractivity contribution in [3.63, 3.8) is 0 Å². The van der Waals surface area contributed by atoms with Crippen LogP contribution in [0.1, 0.15) is 63.1 Å². The van der Waals surface area contributed by atoms with E-state index in [9.17, 15) is 0 Å². The second kappa shape index (κ2) is 15.5. The third kappa shape index (κ3) is 8.92. The van der Waals surface area contributed by atoms with Gasteiger partial charge in [-0.3, -0.25) is 0 Å². The van der Waals surface area contributed by atoms with Crippen LogP contribution in [-0.2, 0) is 26.5 Å². The molecule has 0 aliphatic rings. The molecular weight excluding hydrogens is 717 g/mol. The second-order valence-corrected chi connectivity index (χ2v) is 17.5. The first-order chi connectivity index (χ1) is 20.1. The van der Waals surface area contributed by atoms with Crippen molar-refractivity contribution < 1.29 is 20.1 Å². The van der Waals surface area contributed by atoms with E-state index in [0.717, 1.165) is 28.9 Å². The monoisotopic (exact) mass is 761 g/mol. The maximum absolute atomic E-state index is 4.73. The number of pyridine rings is 2. The molecular formula is C39H44IrN2Si-2. The van der Waals surface area contributed by atoms with Gasteiger partial charge in [0, 0.05) is 32.5 Å². The molecule has 0 saturated carbocycles. The van der Waals surface area contributed by atoms with Crippen LogP contribution in [0.2, 0.25) is 19.6 Å². The average Bonchev–Trinajstić information content (AvgIpc) is 3.01. The third-order valence-corrected chi connectivity index (χ3v) is 9.64. The fraction of sp³-hybridized carbons (Fsp3) is 0.282. The van der Waals surface area contributed by atoms with Gasteiger partial charge >= 0.3 is 0 Å². The molecule has 2 aromatic heterocycles. The summed E-state index contributed by atoms with van der Waals surface area (Å²) in [6.45, 7) is 18.2. The molecule has 5 rings (SSSR count). The van der Waals surface area contributed by atoms with Crippen molar-refractivity contribution in [1.82, 2.24) is 9.97 Å². The van der Waals surface area contributed by atoms with Crippen LogP contribution in [0.3, 0.4) is 0 Å². The summed E-state index contributed by atoms with van der Waals surface area (Å²) in [5.74, 6) is 0.939. The van der Waals surface area contributed by atoms with Crippen LogP contribution >= 0.6 is 0 Å². The van der Waals surface area contributed by atoms with E-state index in [1.807, 2.05) is 30.5 Å². The largest absolute Gasteiger partial charge is 0.305 e. The molecule has 0 atom stereocenters. The quantitative estimate of drug-likeness (QED) is 0.122. The number of hydrogen-bond donors (Lipinski definition) is 0. The van der Waals surface area contributed by atoms with Gasteiger partial charge in [0.25, 0.3) is 0 Å². The van der Waals surface area contributed by atoms with Gasteiger partial charge in [-0.1, -0.05) is 102 Å². The summed E-state index contributed by atoms with van der Waals surface area (Å²) in [4.78, 5) is 9.35. The van der Waals surface area contributed by atoms with Crippen LogP contribution in [0.15, 0.2) is 97.3 Å². The van der Waals surface area contributed by atoms with E-state index in [0.29, 0.717) is 11.8 Å². The van der Waals surface area contributed by atoms with Gasteiger partial charge in [-0.25, -0.2) is 0 Å². The van der Waals surface area contributed by atoms with Gasteiger partial charge in [-0.05, 0) is 51.5 Å². The molecule has 43 heavy (non-hydrogen) atoms. The zero-order valence-electron chi connectivity index (χ0n) is 26.8. The minimum Gasteiger partial charge on any atom is -0.305 e. The topological polar surface area (TPSA) is 25.8 Å². The van der Waals surface area contributed by atoms with Crippen molar-refractivity contribution >= 4 is 13.3 Å². The third-order valence-electron chi connectivity index (χ3n) is 7.57. The Bertz CT molecular complexity index is 1590. The predicted molar refractivity (Wildman–Crippen MR) is 183 cm³/mol. The van der Waals surface area contributed by atoms with Gasteiger partial charge in [0.05, 0.1) is 8.07 Å². The zero-order chi connectivity index (χ0) is 30.3. The van der Waals surface area contributed by atoms with Crippen molar-refractivity contribution in [2.24, 2.45) is 0 Å². The Hall–Kier alpha value is -3.17. The first-order valence-corrected chi connectivity index (χ1v) is 18.6. The summed E-state index contributed by atoms with van der Waals surface area (Å²) in [6, 6.07) is 36.0. The SMILES string of the molecule is CC(C)c1cc[c-]c(-c2cc(-c3ccccc3)c(C(C)C)cn2)c1.CCc1cc(-c2[c-]cccc2)ncc1[Si](C)(C)C.[Ir]. The summed E-state index contributed by atoms with van der Waals surface area (Å²) in [7, 11) is -1.30. The van der Waals surface area contributed by atoms with Crippen LogP contribution < -0.4 is 5.19 Å². The molecule has 0 spiro atoms. The Labute approximate surface area is 274 Å². The zero-order valence-corrected chi connectivity index (χ0v) is 30.2. The number of nitrogens with zero attached hydrogens (tertiary/aromatic N) is 2. The van der Waals surface area contributed by atoms with Crippen LogP contribution in [0.25, 0.3) is 33.6 Å². The number of benzene rings is 3. The van der Waals surface area contributed by atoms with Crippen molar-refractivity contribution in [3.05, 3.63) is 126 Å². The summed E-state index contributed by atoms with van der Waals surface area (Å²) >= 11 is 0. The minimum absolute atomic E-state index is 0. The fourth-order valence-electron chi connectivity index (χ4n) is 5.10. The molecule has 0 bridgehead atoms. The molecule has 0 N–H and O–H groups in total. The van der Waals surface area contributed by atoms with E-state index in [1.54, 1.807) is 0 Å². The Morgan fingerprint density at radius 2 is 1.35 bits per heavy atom. The van der Waals surface area contributed by atoms with Crippen LogP contribution in [0, 0.1) is 12.1 Å². The number of aryl methyl sites for hydroxylation is 1. The molecule has 0 aliphatic carbocycles. The summed E-state index contributed by atoms with van der Waals surface area (Å²) in [5, 5.41) is 1.48. The Morgan fingerprint density at radius 3 is 1.95 bits per heavy atom. The standard InChI is InChI=1S/C23H24N.C16H20NSi.Ir/c1-16(2)19-11-8-12-20(13-19)23-14-21(18-9-6-5-7-10-18)22(15-24-23)17(3)4;1-5-13-11-15(14-9-7-6-8-10-14)17-12-16(13)18(2,3)4;/h5-11,13-17H,1-4H3;6-9,11-12H,5H2,1-4H3;/q2*-1;. The molecule has 0 amide bonds. The van der Waals surface area contributed by atoms with Gasteiger partial charge in [0.2, 0.25) is 0 Å². The van der Waals surface area contributed by atoms with Crippen molar-refractivity contribution in [3.8, 4) is 33.6 Å². The molecule has 0 aliphatic heterocycles. The summed E-state index contributed by atoms with van der Waals surface area (Å²) in [5.41, 5.74) is 10.7. The van der Waals surface area contributed by atoms with E-state index >= 15 is 0 Å². The fourth-order valence-corrected chi connectivity index (χ4v) is 6.76. The van der Waals surface area contributed by atoms with Gasteiger partial charge < -0.3 is 9.97 Å². The van der Waals surface area contributed by atoms with Crippen LogP contribution in [-0.4, -0.2) is 18.0 Å². The summed E-state index contributed by atoms with van der Waals surface area (Å²) < 4.78 is 0. The molecule has 4 heteroatoms. The van der Waals surface area contributed by atoms with Crippen molar-refractivity contribution in [2.75, 3.05) is 0 Å². The van der Waals surface area contributed by atoms with Crippen molar-refractivity contribution in [2.45, 2.75) is 72.5 Å². The average molecular weight is 761 g/mol. The maximum Gasteiger partial charge on any atom is 0.0798 e. The van der Waals surface area contributed by atoms with E-state index in [4.69, 9.17) is 4.98 Å². The molecule has 0 fully saturated rings. The Balaban J connectivity index is 0.000000239. The molecule has 5 aromatic rings. The van der Waals surface area contributed by atoms with E-state index in [-0.39, 0.29) is 20.1 Å². The molecule has 2 nitrogen and oxygen atoms in total. The van der Waals surface area contributed by atoms with Gasteiger partial charge in [0.1, 0.15) is 0 Å². The van der Waals surface area contributed by atoms with E-state index < -0.39 is 8.07 Å². The Kier molecular flexibility index (Phi) is 12.4. The second-order valence-electron chi connectivity index (χ2n) is 12.5. The van der Waals surface area contributed by atoms with Crippen LogP contribution in [0.4, 0.5) is 0 Å². The van der Waals surface area contributed by atoms with Crippen molar-refractivity contribution in [1.29, 1.82) is 0 Å². The molecule has 0 saturated heterocycles. The summed E-state index contributed by atoms with van der Waals surface area (Å²) in [6.07, 6.45) is 5.18. The molecule has 2 heterocycles. The molecule has 225 valence electrons. The first-order valence-electron chi connectivity index (χ1n) is 15.1. The Morgan fingerprint density at radius 1 is 0.698 bits per heavy atom. The smallest absolute Gasteiger partial charge is 0.0798 e. The normalized spacial score (nSPS) is 11.1. The van der Waals surface area contributed by atoms with E-state index in [1.165, 1.54) is 33.0 Å². The molecule has 0 unspecified atom stereocenters. The maximum atomic E-state index is 4.73. The molecule has 3 aromatic carbocycles. The number of aromatic nitrogens is 2. The van der Waals surface area contributed by atoms with Gasteiger partial charge in [0.15, 0.2) is 0 Å². The van der Waals surface area contributed by atoms with Crippen LogP contribution in [0.5, 0.6) is 0 Å². The number of rotatable bonds is 7. The van der Waals surface area contributed by atoms with Gasteiger partial charge in [-0.15, -0.1) is 71.3 Å². The predicted octanol–water partition coefficient (Wildman–Crippen LogP) is 10.1. The first kappa shape index (κ1) is 34.3. The van der Waals surface area contributed by atoms with E-state index in [2.05, 4.69) is 138 Å². The van der Waals surface area contributed by atoms with Gasteiger partial charge in [-0.2, -0.15) is 0 Å². The minimum atomic E-state index is -1.30.